The van der Waals surface area contributed by atoms with Crippen LogP contribution in [0.15, 0.2) is 47.0 Å². The fourth-order valence-electron chi connectivity index (χ4n) is 2.36. The Kier molecular flexibility index (Phi) is 5.94. The van der Waals surface area contributed by atoms with E-state index in [1.54, 1.807) is 57.2 Å². The number of carbonyl (C=O) groups is 1. The molecule has 0 spiro atoms. The second kappa shape index (κ2) is 8.39. The van der Waals surface area contributed by atoms with Gasteiger partial charge in [0.15, 0.2) is 12.2 Å². The highest BCUT2D eigenvalue weighted by atomic mass is 35.5. The molecule has 0 N–H and O–H groups in total. The molecule has 0 aliphatic heterocycles. The molecular formula is C20H18ClFN2O4. The van der Waals surface area contributed by atoms with Crippen LogP contribution in [0.4, 0.5) is 4.39 Å². The first-order valence-electron chi connectivity index (χ1n) is 8.56. The highest BCUT2D eigenvalue weighted by molar-refractivity contribution is 6.30. The van der Waals surface area contributed by atoms with Crippen LogP contribution in [-0.4, -0.2) is 22.2 Å². The van der Waals surface area contributed by atoms with Crippen molar-refractivity contribution in [3.8, 4) is 17.1 Å². The summed E-state index contributed by atoms with van der Waals surface area (Å²) in [4.78, 5) is 16.4. The van der Waals surface area contributed by atoms with Crippen molar-refractivity contribution in [1.29, 1.82) is 0 Å². The van der Waals surface area contributed by atoms with Crippen molar-refractivity contribution < 1.29 is 23.2 Å². The average molecular weight is 405 g/mol. The molecule has 0 aliphatic rings. The molecule has 0 aliphatic carbocycles. The minimum atomic E-state index is -0.866. The van der Waals surface area contributed by atoms with Crippen LogP contribution in [0.2, 0.25) is 5.02 Å². The summed E-state index contributed by atoms with van der Waals surface area (Å²) in [7, 11) is 0. The van der Waals surface area contributed by atoms with Crippen LogP contribution in [-0.2, 0) is 9.53 Å². The van der Waals surface area contributed by atoms with Gasteiger partial charge in [0, 0.05) is 10.6 Å². The SMILES string of the molecule is Cc1ccc(-c2noc(C(C)OC(=O)C(C)Oc3cccc(Cl)c3)n2)cc1F. The van der Waals surface area contributed by atoms with E-state index >= 15 is 0 Å². The smallest absolute Gasteiger partial charge is 0.347 e. The minimum absolute atomic E-state index is 0.0966. The summed E-state index contributed by atoms with van der Waals surface area (Å²) in [5.41, 5.74) is 0.984. The van der Waals surface area contributed by atoms with Gasteiger partial charge in [0.25, 0.3) is 5.89 Å². The van der Waals surface area contributed by atoms with E-state index in [9.17, 15) is 9.18 Å². The minimum Gasteiger partial charge on any atom is -0.479 e. The van der Waals surface area contributed by atoms with Crippen LogP contribution in [0.3, 0.4) is 0 Å². The number of benzene rings is 2. The Balaban J connectivity index is 1.64. The third-order valence-corrected chi connectivity index (χ3v) is 4.19. The van der Waals surface area contributed by atoms with E-state index in [-0.39, 0.29) is 17.5 Å². The Labute approximate surface area is 166 Å². The molecule has 0 saturated carbocycles. The fraction of sp³-hybridized carbons (Fsp3) is 0.250. The van der Waals surface area contributed by atoms with E-state index in [2.05, 4.69) is 10.1 Å². The van der Waals surface area contributed by atoms with Crippen molar-refractivity contribution in [1.82, 2.24) is 10.1 Å². The molecule has 1 aromatic heterocycles. The first-order valence-corrected chi connectivity index (χ1v) is 8.94. The van der Waals surface area contributed by atoms with Crippen molar-refractivity contribution in [3.05, 3.63) is 64.8 Å². The fourth-order valence-corrected chi connectivity index (χ4v) is 2.54. The Morgan fingerprint density at radius 1 is 1.21 bits per heavy atom. The topological polar surface area (TPSA) is 74.5 Å². The van der Waals surface area contributed by atoms with Gasteiger partial charge >= 0.3 is 5.97 Å². The van der Waals surface area contributed by atoms with Crippen molar-refractivity contribution in [2.75, 3.05) is 0 Å². The first kappa shape index (κ1) is 19.8. The number of ether oxygens (including phenoxy) is 2. The molecule has 8 heteroatoms. The van der Waals surface area contributed by atoms with Gasteiger partial charge in [0.05, 0.1) is 0 Å². The molecule has 3 rings (SSSR count). The van der Waals surface area contributed by atoms with Crippen LogP contribution in [0.5, 0.6) is 5.75 Å². The van der Waals surface area contributed by atoms with Gasteiger partial charge in [0.1, 0.15) is 11.6 Å². The number of hydrogen-bond acceptors (Lipinski definition) is 6. The summed E-state index contributed by atoms with van der Waals surface area (Å²) in [6.07, 6.45) is -1.66. The maximum atomic E-state index is 13.7. The average Bonchev–Trinajstić information content (AvgIpc) is 3.14. The summed E-state index contributed by atoms with van der Waals surface area (Å²) < 4.78 is 29.7. The van der Waals surface area contributed by atoms with E-state index < -0.39 is 18.2 Å². The Bertz CT molecular complexity index is 992. The molecule has 6 nitrogen and oxygen atoms in total. The lowest BCUT2D eigenvalue weighted by molar-refractivity contribution is -0.157. The largest absolute Gasteiger partial charge is 0.479 e. The molecule has 0 saturated heterocycles. The number of esters is 1. The van der Waals surface area contributed by atoms with Crippen molar-refractivity contribution in [2.45, 2.75) is 33.0 Å². The third-order valence-electron chi connectivity index (χ3n) is 3.95. The molecule has 1 heterocycles. The lowest BCUT2D eigenvalue weighted by atomic mass is 10.1. The second-order valence-corrected chi connectivity index (χ2v) is 6.65. The Morgan fingerprint density at radius 3 is 2.71 bits per heavy atom. The molecule has 28 heavy (non-hydrogen) atoms. The van der Waals surface area contributed by atoms with E-state index in [0.717, 1.165) is 0 Å². The van der Waals surface area contributed by atoms with Gasteiger partial charge < -0.3 is 14.0 Å². The lowest BCUT2D eigenvalue weighted by Crippen LogP contribution is -2.27. The Morgan fingerprint density at radius 2 is 2.00 bits per heavy atom. The Hall–Kier alpha value is -2.93. The molecule has 0 radical (unpaired) electrons. The first-order chi connectivity index (χ1) is 13.3. The number of nitrogens with zero attached hydrogens (tertiary/aromatic N) is 2. The number of halogens is 2. The molecule has 146 valence electrons. The highest BCUT2D eigenvalue weighted by Gasteiger charge is 2.24. The molecule has 0 amide bonds. The van der Waals surface area contributed by atoms with Gasteiger partial charge in [-0.3, -0.25) is 0 Å². The van der Waals surface area contributed by atoms with Crippen molar-refractivity contribution in [2.24, 2.45) is 0 Å². The van der Waals surface area contributed by atoms with E-state index in [4.69, 9.17) is 25.6 Å². The molecule has 2 atom stereocenters. The van der Waals surface area contributed by atoms with Gasteiger partial charge in [-0.05, 0) is 50.6 Å². The summed E-state index contributed by atoms with van der Waals surface area (Å²) in [6, 6.07) is 11.3. The highest BCUT2D eigenvalue weighted by Crippen LogP contribution is 2.23. The van der Waals surface area contributed by atoms with Gasteiger partial charge in [0.2, 0.25) is 5.82 Å². The molecule has 0 fully saturated rings. The second-order valence-electron chi connectivity index (χ2n) is 6.22. The number of carbonyl (C=O) groups excluding carboxylic acids is 1. The monoisotopic (exact) mass is 404 g/mol. The predicted octanol–water partition coefficient (Wildman–Crippen LogP) is 4.91. The number of rotatable bonds is 6. The third kappa shape index (κ3) is 4.67. The number of aryl methyl sites for hydroxylation is 1. The van der Waals surface area contributed by atoms with Crippen LogP contribution in [0, 0.1) is 12.7 Å². The van der Waals surface area contributed by atoms with Gasteiger partial charge in [-0.15, -0.1) is 0 Å². The zero-order valence-corrected chi connectivity index (χ0v) is 16.2. The molecule has 2 aromatic carbocycles. The summed E-state index contributed by atoms with van der Waals surface area (Å²) in [5.74, 6) is -0.214. The van der Waals surface area contributed by atoms with Crippen LogP contribution in [0.1, 0.15) is 31.4 Å². The van der Waals surface area contributed by atoms with Gasteiger partial charge in [-0.2, -0.15) is 4.98 Å². The van der Waals surface area contributed by atoms with Crippen molar-refractivity contribution in [3.63, 3.8) is 0 Å². The summed E-state index contributed by atoms with van der Waals surface area (Å²) in [5, 5.41) is 4.32. The zero-order chi connectivity index (χ0) is 20.3. The molecule has 3 aromatic rings. The van der Waals surface area contributed by atoms with Crippen LogP contribution in [0.25, 0.3) is 11.4 Å². The van der Waals surface area contributed by atoms with E-state index in [1.807, 2.05) is 0 Å². The van der Waals surface area contributed by atoms with E-state index in [1.165, 1.54) is 6.07 Å². The van der Waals surface area contributed by atoms with E-state index in [0.29, 0.717) is 21.9 Å². The van der Waals surface area contributed by atoms with Crippen molar-refractivity contribution >= 4 is 17.6 Å². The summed E-state index contributed by atoms with van der Waals surface area (Å²) in [6.45, 7) is 4.82. The van der Waals surface area contributed by atoms with Crippen LogP contribution >= 0.6 is 11.6 Å². The number of hydrogen-bond donors (Lipinski definition) is 0. The normalized spacial score (nSPS) is 13.0. The standard InChI is InChI=1S/C20H18ClFN2O4/c1-11-7-8-14(9-17(11)22)18-23-19(28-24-18)12(2)27-20(25)13(3)26-16-6-4-5-15(21)10-16/h4-10,12-13H,1-3H3. The zero-order valence-electron chi connectivity index (χ0n) is 15.5. The van der Waals surface area contributed by atoms with Gasteiger partial charge in [-0.25, -0.2) is 9.18 Å². The number of aromatic nitrogens is 2. The molecule has 0 bridgehead atoms. The predicted molar refractivity (Wildman–Crippen MR) is 100 cm³/mol. The quantitative estimate of drug-likeness (QED) is 0.543. The lowest BCUT2D eigenvalue weighted by Gasteiger charge is -2.16. The summed E-state index contributed by atoms with van der Waals surface area (Å²) >= 11 is 5.90. The molecule has 2 unspecified atom stereocenters. The maximum absolute atomic E-state index is 13.7. The molecular weight excluding hydrogens is 387 g/mol. The van der Waals surface area contributed by atoms with Gasteiger partial charge in [-0.1, -0.05) is 35.0 Å². The maximum Gasteiger partial charge on any atom is 0.347 e. The van der Waals surface area contributed by atoms with Crippen LogP contribution < -0.4 is 4.74 Å².